The number of nitro groups is 1. The fraction of sp³-hybridized carbons (Fsp3) is 0.115. The number of amides is 1. The monoisotopic (exact) mass is 550 g/mol. The fourth-order valence-corrected chi connectivity index (χ4v) is 4.83. The third-order valence-electron chi connectivity index (χ3n) is 6.05. The molecule has 0 saturated heterocycles. The van der Waals surface area contributed by atoms with Crippen molar-refractivity contribution in [1.82, 2.24) is 14.8 Å². The first-order valence-electron chi connectivity index (χ1n) is 11.4. The molecule has 0 radical (unpaired) electrons. The molecule has 0 fully saturated rings. The number of halogens is 2. The van der Waals surface area contributed by atoms with Gasteiger partial charge in [-0.3, -0.25) is 14.9 Å². The number of carbonyl (C=O) groups is 1. The standard InChI is InChI=1S/C26H20Cl2N6O4/c1-14-22(25(35)30-19-8-4-6-10-21(19)38-2)23(17-7-3-5-9-20(17)34(36)37)33-26(29-14)31-24(32-33)16-12-11-15(27)13-18(16)28/h3-13,23H,1-2H3,(H,30,35)(H,29,31,32). The third kappa shape index (κ3) is 4.55. The van der Waals surface area contributed by atoms with Crippen LogP contribution in [0, 0.1) is 10.1 Å². The number of benzene rings is 3. The lowest BCUT2D eigenvalue weighted by atomic mass is 9.93. The van der Waals surface area contributed by atoms with Gasteiger partial charge in [0.15, 0.2) is 5.82 Å². The number of nitro benzene ring substituents is 1. The number of anilines is 2. The Morgan fingerprint density at radius 1 is 1.13 bits per heavy atom. The normalized spacial score (nSPS) is 14.5. The molecule has 0 saturated carbocycles. The molecule has 0 aliphatic carbocycles. The Balaban J connectivity index is 1.67. The van der Waals surface area contributed by atoms with Crippen LogP contribution in [0.15, 0.2) is 78.0 Å². The van der Waals surface area contributed by atoms with Gasteiger partial charge < -0.3 is 15.4 Å². The quantitative estimate of drug-likeness (QED) is 0.219. The molecular formula is C26H20Cl2N6O4. The number of hydrogen-bond acceptors (Lipinski definition) is 7. The molecule has 10 nitrogen and oxygen atoms in total. The van der Waals surface area contributed by atoms with Crippen molar-refractivity contribution >= 4 is 46.4 Å². The maximum absolute atomic E-state index is 13.8. The first-order valence-corrected chi connectivity index (χ1v) is 12.1. The molecule has 12 heteroatoms. The van der Waals surface area contributed by atoms with E-state index in [0.29, 0.717) is 38.7 Å². The molecule has 1 atom stereocenters. The largest absolute Gasteiger partial charge is 0.495 e. The van der Waals surface area contributed by atoms with Crippen LogP contribution in [0.1, 0.15) is 18.5 Å². The minimum Gasteiger partial charge on any atom is -0.495 e. The molecule has 1 unspecified atom stereocenters. The number of nitrogens with one attached hydrogen (secondary N) is 2. The van der Waals surface area contributed by atoms with Crippen LogP contribution in [0.3, 0.4) is 0 Å². The van der Waals surface area contributed by atoms with E-state index in [4.69, 9.17) is 27.9 Å². The maximum atomic E-state index is 13.8. The van der Waals surface area contributed by atoms with Crippen LogP contribution in [0.2, 0.25) is 10.0 Å². The highest BCUT2D eigenvalue weighted by Crippen LogP contribution is 2.41. The van der Waals surface area contributed by atoms with Crippen molar-refractivity contribution in [3.05, 3.63) is 104 Å². The molecule has 4 aromatic rings. The van der Waals surface area contributed by atoms with Crippen molar-refractivity contribution in [3.8, 4) is 17.1 Å². The van der Waals surface area contributed by atoms with Crippen molar-refractivity contribution in [3.63, 3.8) is 0 Å². The molecule has 0 spiro atoms. The minimum atomic E-state index is -0.977. The summed E-state index contributed by atoms with van der Waals surface area (Å²) in [5.74, 6) is 0.526. The molecule has 2 N–H and O–H groups in total. The molecule has 3 aromatic carbocycles. The van der Waals surface area contributed by atoms with Crippen molar-refractivity contribution in [2.75, 3.05) is 17.7 Å². The van der Waals surface area contributed by atoms with Gasteiger partial charge in [-0.05, 0) is 43.3 Å². The predicted octanol–water partition coefficient (Wildman–Crippen LogP) is 6.10. The van der Waals surface area contributed by atoms with Crippen LogP contribution >= 0.6 is 23.2 Å². The van der Waals surface area contributed by atoms with Crippen LogP contribution in [-0.2, 0) is 4.79 Å². The Kier molecular flexibility index (Phi) is 6.75. The zero-order valence-corrected chi connectivity index (χ0v) is 21.6. The minimum absolute atomic E-state index is 0.165. The summed E-state index contributed by atoms with van der Waals surface area (Å²) in [5.41, 5.74) is 1.73. The van der Waals surface area contributed by atoms with Gasteiger partial charge in [-0.1, -0.05) is 47.5 Å². The fourth-order valence-electron chi connectivity index (χ4n) is 4.34. The SMILES string of the molecule is COc1ccccc1NC(=O)C1=C(C)Nc2nc(-c3ccc(Cl)cc3Cl)nn2C1c1ccccc1[N+](=O)[O-]. The van der Waals surface area contributed by atoms with E-state index in [1.165, 1.54) is 17.9 Å². The molecule has 1 amide bonds. The number of ether oxygens (including phenoxy) is 1. The van der Waals surface area contributed by atoms with E-state index < -0.39 is 16.9 Å². The van der Waals surface area contributed by atoms with E-state index in [9.17, 15) is 14.9 Å². The van der Waals surface area contributed by atoms with E-state index in [1.54, 1.807) is 67.6 Å². The van der Waals surface area contributed by atoms with E-state index in [0.717, 1.165) is 0 Å². The Labute approximate surface area is 227 Å². The summed E-state index contributed by atoms with van der Waals surface area (Å²) in [7, 11) is 1.50. The van der Waals surface area contributed by atoms with Gasteiger partial charge in [-0.25, -0.2) is 4.68 Å². The second-order valence-electron chi connectivity index (χ2n) is 8.36. The Bertz CT molecular complexity index is 1620. The highest BCUT2D eigenvalue weighted by molar-refractivity contribution is 6.36. The van der Waals surface area contributed by atoms with E-state index in [2.05, 4.69) is 20.7 Å². The number of methoxy groups -OCH3 is 1. The molecule has 192 valence electrons. The van der Waals surface area contributed by atoms with E-state index in [-0.39, 0.29) is 22.6 Å². The summed E-state index contributed by atoms with van der Waals surface area (Å²) in [6.45, 7) is 1.70. The van der Waals surface area contributed by atoms with Crippen LogP contribution in [0.25, 0.3) is 11.4 Å². The molecule has 0 bridgehead atoms. The number of allylic oxidation sites excluding steroid dienone is 1. The zero-order chi connectivity index (χ0) is 27.0. The number of fused-ring (bicyclic) bond motifs is 1. The molecule has 1 aromatic heterocycles. The molecule has 2 heterocycles. The lowest BCUT2D eigenvalue weighted by Gasteiger charge is -2.28. The van der Waals surface area contributed by atoms with Crippen LogP contribution in [0.4, 0.5) is 17.3 Å². The van der Waals surface area contributed by atoms with Crippen LogP contribution in [-0.4, -0.2) is 32.7 Å². The van der Waals surface area contributed by atoms with Crippen LogP contribution in [0.5, 0.6) is 5.75 Å². The van der Waals surface area contributed by atoms with Gasteiger partial charge in [-0.2, -0.15) is 4.98 Å². The maximum Gasteiger partial charge on any atom is 0.275 e. The Morgan fingerprint density at radius 2 is 1.87 bits per heavy atom. The highest BCUT2D eigenvalue weighted by atomic mass is 35.5. The number of rotatable bonds is 6. The van der Waals surface area contributed by atoms with Crippen LogP contribution < -0.4 is 15.4 Å². The van der Waals surface area contributed by atoms with Gasteiger partial charge in [0.1, 0.15) is 11.8 Å². The summed E-state index contributed by atoms with van der Waals surface area (Å²) >= 11 is 12.5. The van der Waals surface area contributed by atoms with Crippen molar-refractivity contribution < 1.29 is 14.5 Å². The number of carbonyl (C=O) groups excluding carboxylic acids is 1. The summed E-state index contributed by atoms with van der Waals surface area (Å²) in [5, 5.41) is 23.4. The summed E-state index contributed by atoms with van der Waals surface area (Å²) in [6.07, 6.45) is 0. The second kappa shape index (κ2) is 10.2. The summed E-state index contributed by atoms with van der Waals surface area (Å²) < 4.78 is 6.82. The predicted molar refractivity (Wildman–Crippen MR) is 145 cm³/mol. The second-order valence-corrected chi connectivity index (χ2v) is 9.21. The molecule has 1 aliphatic heterocycles. The van der Waals surface area contributed by atoms with Crippen molar-refractivity contribution in [1.29, 1.82) is 0 Å². The summed E-state index contributed by atoms with van der Waals surface area (Å²) in [6, 6.07) is 17.1. The van der Waals surface area contributed by atoms with Gasteiger partial charge in [0.2, 0.25) is 5.95 Å². The smallest absolute Gasteiger partial charge is 0.275 e. The lowest BCUT2D eigenvalue weighted by molar-refractivity contribution is -0.385. The number of para-hydroxylation sites is 3. The average molecular weight is 551 g/mol. The van der Waals surface area contributed by atoms with Gasteiger partial charge in [-0.15, -0.1) is 5.10 Å². The Morgan fingerprint density at radius 3 is 2.61 bits per heavy atom. The van der Waals surface area contributed by atoms with E-state index >= 15 is 0 Å². The number of aromatic nitrogens is 3. The zero-order valence-electron chi connectivity index (χ0n) is 20.1. The lowest BCUT2D eigenvalue weighted by Crippen LogP contribution is -2.32. The third-order valence-corrected chi connectivity index (χ3v) is 6.60. The topological polar surface area (TPSA) is 124 Å². The van der Waals surface area contributed by atoms with E-state index in [1.807, 2.05) is 0 Å². The molecule has 5 rings (SSSR count). The summed E-state index contributed by atoms with van der Waals surface area (Å²) in [4.78, 5) is 29.8. The molecule has 1 aliphatic rings. The van der Waals surface area contributed by atoms with Crippen molar-refractivity contribution in [2.45, 2.75) is 13.0 Å². The van der Waals surface area contributed by atoms with Gasteiger partial charge >= 0.3 is 0 Å². The number of hydrogen-bond donors (Lipinski definition) is 2. The van der Waals surface area contributed by atoms with Gasteiger partial charge in [0.25, 0.3) is 11.6 Å². The average Bonchev–Trinajstić information content (AvgIpc) is 3.31. The number of nitrogens with zero attached hydrogens (tertiary/aromatic N) is 4. The van der Waals surface area contributed by atoms with Gasteiger partial charge in [0.05, 0.1) is 33.9 Å². The first-order chi connectivity index (χ1) is 18.3. The first kappa shape index (κ1) is 25.2. The molecule has 38 heavy (non-hydrogen) atoms. The Hall–Kier alpha value is -4.41. The van der Waals surface area contributed by atoms with Gasteiger partial charge in [0, 0.05) is 22.3 Å². The molecular weight excluding hydrogens is 531 g/mol. The van der Waals surface area contributed by atoms with Crippen molar-refractivity contribution in [2.24, 2.45) is 0 Å². The highest BCUT2D eigenvalue weighted by Gasteiger charge is 2.38.